The van der Waals surface area contributed by atoms with E-state index < -0.39 is 30.5 Å². The number of urea groups is 2. The smallest absolute Gasteiger partial charge is 0.331 e. The van der Waals surface area contributed by atoms with Gasteiger partial charge in [-0.3, -0.25) is 10.2 Å². The Kier molecular flexibility index (Phi) is 3.27. The zero-order valence-electron chi connectivity index (χ0n) is 8.87. The first-order valence-corrected chi connectivity index (χ1v) is 5.12. The van der Waals surface area contributed by atoms with E-state index in [0.29, 0.717) is 0 Å². The summed E-state index contributed by atoms with van der Waals surface area (Å²) < 4.78 is 5.30. The van der Waals surface area contributed by atoms with E-state index in [4.69, 9.17) is 9.84 Å². The summed E-state index contributed by atoms with van der Waals surface area (Å²) in [5, 5.41) is 22.8. The summed E-state index contributed by atoms with van der Waals surface area (Å²) in [6.45, 7) is -0.325. The third-order valence-electron chi connectivity index (χ3n) is 2.60. The quantitative estimate of drug-likeness (QED) is 0.479. The molecule has 0 aliphatic carbocycles. The number of aliphatic hydroxyl groups is 2. The average molecular weight is 243 g/mol. The van der Waals surface area contributed by atoms with E-state index >= 15 is 0 Å². The third-order valence-corrected chi connectivity index (χ3v) is 2.60. The predicted molar refractivity (Wildman–Crippen MR) is 54.4 cm³/mol. The summed E-state index contributed by atoms with van der Waals surface area (Å²) >= 11 is 0. The molecule has 3 atom stereocenters. The van der Waals surface area contributed by atoms with Crippen LogP contribution in [0.5, 0.6) is 0 Å². The molecule has 2 aliphatic heterocycles. The maximum Gasteiger partial charge on any atom is 0.331 e. The fraction of sp³-hybridized carbons (Fsp3) is 0.556. The van der Waals surface area contributed by atoms with E-state index in [1.54, 1.807) is 0 Å². The minimum atomic E-state index is -0.835. The molecule has 0 bridgehead atoms. The molecule has 8 nitrogen and oxygen atoms in total. The SMILES string of the molecule is O=C1NC=CN([C@H]2C[C@H](O)[C@@H](CO)O2)C(=O)N1. The van der Waals surface area contributed by atoms with Crippen LogP contribution in [0.3, 0.4) is 0 Å². The molecule has 0 radical (unpaired) electrons. The Labute approximate surface area is 96.8 Å². The lowest BCUT2D eigenvalue weighted by Gasteiger charge is -2.23. The molecule has 17 heavy (non-hydrogen) atoms. The van der Waals surface area contributed by atoms with Crippen molar-refractivity contribution in [2.24, 2.45) is 0 Å². The van der Waals surface area contributed by atoms with Crippen LogP contribution in [-0.2, 0) is 4.74 Å². The maximum atomic E-state index is 11.6. The molecule has 4 N–H and O–H groups in total. The molecule has 4 amide bonds. The standard InChI is InChI=1S/C9H13N3O5/c13-4-6-5(14)3-7(17-6)12-2-1-10-8(15)11-9(12)16/h1-2,5-7,13-14H,3-4H2,(H2,10,11,15,16)/t5-,6+,7+/m0/s1. The molecule has 0 aromatic heterocycles. The Hall–Kier alpha value is -1.64. The lowest BCUT2D eigenvalue weighted by Crippen LogP contribution is -2.45. The van der Waals surface area contributed by atoms with E-state index in [0.717, 1.165) is 4.90 Å². The molecule has 0 spiro atoms. The van der Waals surface area contributed by atoms with Gasteiger partial charge in [0.2, 0.25) is 0 Å². The van der Waals surface area contributed by atoms with Gasteiger partial charge in [-0.1, -0.05) is 0 Å². The van der Waals surface area contributed by atoms with Crippen LogP contribution >= 0.6 is 0 Å². The first-order valence-electron chi connectivity index (χ1n) is 5.12. The van der Waals surface area contributed by atoms with Crippen molar-refractivity contribution in [3.63, 3.8) is 0 Å². The number of carbonyl (C=O) groups is 2. The monoisotopic (exact) mass is 243 g/mol. The van der Waals surface area contributed by atoms with Crippen LogP contribution < -0.4 is 10.6 Å². The zero-order chi connectivity index (χ0) is 12.4. The second kappa shape index (κ2) is 4.70. The number of imide groups is 1. The molecule has 0 saturated carbocycles. The molecule has 1 saturated heterocycles. The summed E-state index contributed by atoms with van der Waals surface area (Å²) in [6.07, 6.45) is 0.564. The lowest BCUT2D eigenvalue weighted by atomic mass is 10.2. The van der Waals surface area contributed by atoms with Gasteiger partial charge in [0.15, 0.2) is 0 Å². The van der Waals surface area contributed by atoms with Crippen molar-refractivity contribution >= 4 is 12.1 Å². The fourth-order valence-corrected chi connectivity index (χ4v) is 1.74. The number of carbonyl (C=O) groups excluding carboxylic acids is 2. The number of hydrogen-bond acceptors (Lipinski definition) is 5. The number of nitrogens with zero attached hydrogens (tertiary/aromatic N) is 1. The van der Waals surface area contributed by atoms with Gasteiger partial charge in [0, 0.05) is 18.8 Å². The highest BCUT2D eigenvalue weighted by Gasteiger charge is 2.38. The average Bonchev–Trinajstić information content (AvgIpc) is 2.56. The highest BCUT2D eigenvalue weighted by atomic mass is 16.5. The molecule has 8 heteroatoms. The number of nitrogens with one attached hydrogen (secondary N) is 2. The largest absolute Gasteiger partial charge is 0.394 e. The summed E-state index contributed by atoms with van der Waals surface area (Å²) in [6, 6.07) is -1.28. The van der Waals surface area contributed by atoms with Gasteiger partial charge in [0.1, 0.15) is 12.3 Å². The number of rotatable bonds is 2. The minimum absolute atomic E-state index is 0.178. The van der Waals surface area contributed by atoms with E-state index in [1.165, 1.54) is 12.4 Å². The second-order valence-electron chi connectivity index (χ2n) is 3.74. The molecule has 94 valence electrons. The highest BCUT2D eigenvalue weighted by molar-refractivity contribution is 5.95. The Bertz CT molecular complexity index is 359. The van der Waals surface area contributed by atoms with Gasteiger partial charge in [-0.25, -0.2) is 9.59 Å². The van der Waals surface area contributed by atoms with Gasteiger partial charge in [0.05, 0.1) is 12.7 Å². The molecule has 2 rings (SSSR count). The van der Waals surface area contributed by atoms with E-state index in [-0.39, 0.29) is 13.0 Å². The summed E-state index contributed by atoms with van der Waals surface area (Å²) in [7, 11) is 0. The van der Waals surface area contributed by atoms with Gasteiger partial charge in [-0.15, -0.1) is 0 Å². The first-order chi connectivity index (χ1) is 8.11. The van der Waals surface area contributed by atoms with E-state index in [1.807, 2.05) is 0 Å². The number of ether oxygens (including phenoxy) is 1. The predicted octanol–water partition coefficient (Wildman–Crippen LogP) is -1.34. The highest BCUT2D eigenvalue weighted by Crippen LogP contribution is 2.23. The van der Waals surface area contributed by atoms with Crippen molar-refractivity contribution in [2.75, 3.05) is 6.61 Å². The van der Waals surface area contributed by atoms with Crippen molar-refractivity contribution < 1.29 is 24.5 Å². The van der Waals surface area contributed by atoms with Gasteiger partial charge in [-0.05, 0) is 0 Å². The number of amides is 4. The van der Waals surface area contributed by atoms with Crippen LogP contribution in [-0.4, -0.2) is 52.2 Å². The Morgan fingerprint density at radius 3 is 2.94 bits per heavy atom. The fourth-order valence-electron chi connectivity index (χ4n) is 1.74. The molecular weight excluding hydrogens is 230 g/mol. The minimum Gasteiger partial charge on any atom is -0.394 e. The zero-order valence-corrected chi connectivity index (χ0v) is 8.87. The molecule has 0 unspecified atom stereocenters. The summed E-state index contributed by atoms with van der Waals surface area (Å²) in [5.41, 5.74) is 0. The van der Waals surface area contributed by atoms with Gasteiger partial charge in [-0.2, -0.15) is 0 Å². The van der Waals surface area contributed by atoms with Crippen LogP contribution in [0.2, 0.25) is 0 Å². The van der Waals surface area contributed by atoms with Crippen molar-refractivity contribution in [1.29, 1.82) is 0 Å². The maximum absolute atomic E-state index is 11.6. The van der Waals surface area contributed by atoms with Gasteiger partial charge >= 0.3 is 12.1 Å². The van der Waals surface area contributed by atoms with Crippen molar-refractivity contribution in [3.8, 4) is 0 Å². The third kappa shape index (κ3) is 2.38. The topological polar surface area (TPSA) is 111 Å². The normalized spacial score (nSPS) is 33.3. The lowest BCUT2D eigenvalue weighted by molar-refractivity contribution is -0.0529. The van der Waals surface area contributed by atoms with Crippen molar-refractivity contribution in [3.05, 3.63) is 12.4 Å². The van der Waals surface area contributed by atoms with Crippen LogP contribution in [0.25, 0.3) is 0 Å². The Balaban J connectivity index is 2.07. The number of aliphatic hydroxyl groups excluding tert-OH is 2. The summed E-state index contributed by atoms with van der Waals surface area (Å²) in [5.74, 6) is 0. The second-order valence-corrected chi connectivity index (χ2v) is 3.74. The van der Waals surface area contributed by atoms with Crippen molar-refractivity contribution in [1.82, 2.24) is 15.5 Å². The van der Waals surface area contributed by atoms with Crippen LogP contribution in [0.15, 0.2) is 12.4 Å². The Morgan fingerprint density at radius 2 is 2.29 bits per heavy atom. The Morgan fingerprint density at radius 1 is 1.53 bits per heavy atom. The van der Waals surface area contributed by atoms with E-state index in [9.17, 15) is 14.7 Å². The van der Waals surface area contributed by atoms with Gasteiger partial charge in [0.25, 0.3) is 0 Å². The van der Waals surface area contributed by atoms with Crippen LogP contribution in [0.1, 0.15) is 6.42 Å². The molecule has 0 aromatic rings. The van der Waals surface area contributed by atoms with Crippen LogP contribution in [0, 0.1) is 0 Å². The number of hydrogen-bond donors (Lipinski definition) is 4. The first kappa shape index (κ1) is 11.8. The van der Waals surface area contributed by atoms with Gasteiger partial charge < -0.3 is 20.3 Å². The van der Waals surface area contributed by atoms with E-state index in [2.05, 4.69) is 10.6 Å². The molecule has 0 aromatic carbocycles. The molecular formula is C9H13N3O5. The molecule has 1 fully saturated rings. The molecule has 2 aliphatic rings. The van der Waals surface area contributed by atoms with Crippen molar-refractivity contribution in [2.45, 2.75) is 24.9 Å². The van der Waals surface area contributed by atoms with Crippen LogP contribution in [0.4, 0.5) is 9.59 Å². The summed E-state index contributed by atoms with van der Waals surface area (Å²) in [4.78, 5) is 23.7. The molecule has 2 heterocycles.